The van der Waals surface area contributed by atoms with E-state index in [-0.39, 0.29) is 24.8 Å². The number of amides is 2. The molecule has 11 nitrogen and oxygen atoms in total. The molecule has 0 aliphatic rings. The summed E-state index contributed by atoms with van der Waals surface area (Å²) in [5.74, 6) is -2.29. The Morgan fingerprint density at radius 3 is 2.59 bits per heavy atom. The number of fused-ring (bicyclic) bond motifs is 1. The summed E-state index contributed by atoms with van der Waals surface area (Å²) >= 11 is 0. The molecule has 0 aliphatic heterocycles. The number of ether oxygens (including phenoxy) is 1. The number of Topliss-reactive ketones (excluding diaryl/α,β-unsaturated/α-hetero) is 1. The van der Waals surface area contributed by atoms with E-state index in [9.17, 15) is 19.2 Å². The molecule has 0 saturated carbocycles. The summed E-state index contributed by atoms with van der Waals surface area (Å²) in [6.07, 6.45) is 5.03. The molecule has 3 rings (SSSR count). The lowest BCUT2D eigenvalue weighted by Gasteiger charge is -2.23. The Hall–Kier alpha value is -4.63. The van der Waals surface area contributed by atoms with E-state index in [1.807, 2.05) is 24.3 Å². The Morgan fingerprint density at radius 2 is 1.89 bits per heavy atom. The minimum atomic E-state index is -1.14. The molecule has 0 saturated heterocycles. The molecule has 37 heavy (non-hydrogen) atoms. The summed E-state index contributed by atoms with van der Waals surface area (Å²) < 4.78 is 5.26. The summed E-state index contributed by atoms with van der Waals surface area (Å²) in [5.41, 5.74) is 8.74. The van der Waals surface area contributed by atoms with Crippen molar-refractivity contribution in [1.82, 2.24) is 20.6 Å². The molecule has 11 heteroatoms. The van der Waals surface area contributed by atoms with Crippen molar-refractivity contribution in [1.29, 1.82) is 5.53 Å². The van der Waals surface area contributed by atoms with Crippen LogP contribution >= 0.6 is 0 Å². The molecular formula is C26H29N6O5+. The van der Waals surface area contributed by atoms with Gasteiger partial charge in [-0.2, -0.15) is 0 Å². The van der Waals surface area contributed by atoms with Gasteiger partial charge in [0.2, 0.25) is 11.7 Å². The number of pyridine rings is 1. The van der Waals surface area contributed by atoms with Crippen LogP contribution in [-0.2, 0) is 25.5 Å². The van der Waals surface area contributed by atoms with E-state index in [1.165, 1.54) is 12.4 Å². The molecule has 2 heterocycles. The van der Waals surface area contributed by atoms with Gasteiger partial charge in [-0.25, -0.2) is 4.79 Å². The third-order valence-corrected chi connectivity index (χ3v) is 5.49. The number of hydrogen-bond acceptors (Lipinski definition) is 7. The Morgan fingerprint density at radius 1 is 1.11 bits per heavy atom. The first-order valence-corrected chi connectivity index (χ1v) is 11.8. The van der Waals surface area contributed by atoms with Crippen molar-refractivity contribution in [2.75, 3.05) is 0 Å². The molecular weight excluding hydrogens is 476 g/mol. The van der Waals surface area contributed by atoms with Gasteiger partial charge in [-0.3, -0.25) is 19.4 Å². The monoisotopic (exact) mass is 505 g/mol. The first-order chi connectivity index (χ1) is 17.8. The highest BCUT2D eigenvalue weighted by molar-refractivity contribution is 6.25. The maximum atomic E-state index is 13.4. The third kappa shape index (κ3) is 7.68. The van der Waals surface area contributed by atoms with E-state index in [1.54, 1.807) is 32.2 Å². The standard InChI is InChI=1S/C26H28N6O5/c1-16(2)37-26(36)22(10-9-19(33)15-30-27)31-25(35)23(32-24(34)17-6-5-11-28-13-17)12-18-14-29-21-8-4-3-7-20(18)21/h3-8,11,13-16,22-23,27,29H,9-10,12H2,1-2H3,(H-,31,32,34,35)/p+1/t22-,23-/m0/s1. The van der Waals surface area contributed by atoms with Crippen molar-refractivity contribution >= 4 is 40.7 Å². The smallest absolute Gasteiger partial charge is 0.372 e. The highest BCUT2D eigenvalue weighted by Gasteiger charge is 2.30. The minimum absolute atomic E-state index is 0.0570. The Bertz CT molecular complexity index is 1310. The number of nitrogens with one attached hydrogen (secondary N) is 4. The van der Waals surface area contributed by atoms with E-state index in [2.05, 4.69) is 25.4 Å². The van der Waals surface area contributed by atoms with E-state index in [0.29, 0.717) is 0 Å². The quantitative estimate of drug-likeness (QED) is 0.127. The van der Waals surface area contributed by atoms with E-state index >= 15 is 0 Å². The van der Waals surface area contributed by atoms with Crippen LogP contribution in [-0.4, -0.2) is 62.7 Å². The van der Waals surface area contributed by atoms with Crippen LogP contribution in [0, 0.1) is 5.53 Å². The van der Waals surface area contributed by atoms with Crippen LogP contribution in [0.15, 0.2) is 55.0 Å². The van der Waals surface area contributed by atoms with Gasteiger partial charge in [-0.15, -0.1) is 0 Å². The zero-order valence-corrected chi connectivity index (χ0v) is 20.6. The zero-order chi connectivity index (χ0) is 26.8. The van der Waals surface area contributed by atoms with Crippen molar-refractivity contribution in [3.05, 3.63) is 66.1 Å². The van der Waals surface area contributed by atoms with Crippen molar-refractivity contribution < 1.29 is 28.7 Å². The summed E-state index contributed by atoms with van der Waals surface area (Å²) in [6.45, 7) is 3.34. The number of rotatable bonds is 12. The van der Waals surface area contributed by atoms with Crippen molar-refractivity contribution in [3.8, 4) is 0 Å². The van der Waals surface area contributed by atoms with Crippen LogP contribution in [0.2, 0.25) is 0 Å². The second-order valence-electron chi connectivity index (χ2n) is 8.64. The fourth-order valence-corrected chi connectivity index (χ4v) is 3.73. The van der Waals surface area contributed by atoms with E-state index in [0.717, 1.165) is 22.7 Å². The van der Waals surface area contributed by atoms with Crippen LogP contribution < -0.4 is 10.6 Å². The number of carbonyl (C=O) groups is 4. The Balaban J connectivity index is 1.85. The number of aromatic nitrogens is 2. The number of carbonyl (C=O) groups excluding carboxylic acids is 4. The fourth-order valence-electron chi connectivity index (χ4n) is 3.73. The summed E-state index contributed by atoms with van der Waals surface area (Å²) in [6, 6.07) is 8.56. The molecule has 0 radical (unpaired) electrons. The van der Waals surface area contributed by atoms with Crippen molar-refractivity contribution in [2.24, 2.45) is 0 Å². The van der Waals surface area contributed by atoms with Crippen molar-refractivity contribution in [2.45, 2.75) is 51.3 Å². The summed E-state index contributed by atoms with van der Waals surface area (Å²) in [7, 11) is 0. The molecule has 192 valence electrons. The van der Waals surface area contributed by atoms with Crippen LogP contribution in [0.1, 0.15) is 42.6 Å². The average Bonchev–Trinajstić information content (AvgIpc) is 3.29. The van der Waals surface area contributed by atoms with E-state index in [4.69, 9.17) is 10.3 Å². The lowest BCUT2D eigenvalue weighted by atomic mass is 10.0. The molecule has 3 aromatic rings. The van der Waals surface area contributed by atoms with Gasteiger partial charge in [0.15, 0.2) is 0 Å². The predicted octanol–water partition coefficient (Wildman–Crippen LogP) is 2.00. The second kappa shape index (κ2) is 12.9. The van der Waals surface area contributed by atoms with Crippen molar-refractivity contribution in [3.63, 3.8) is 0 Å². The maximum Gasteiger partial charge on any atom is 0.372 e. The van der Waals surface area contributed by atoms with Crippen LogP contribution in [0.25, 0.3) is 10.9 Å². The zero-order valence-electron chi connectivity index (χ0n) is 20.6. The highest BCUT2D eigenvalue weighted by atomic mass is 16.5. The Kier molecular flexibility index (Phi) is 9.40. The Labute approximate surface area is 213 Å². The van der Waals surface area contributed by atoms with Crippen LogP contribution in [0.4, 0.5) is 0 Å². The fraction of sp³-hybridized carbons (Fsp3) is 0.308. The predicted molar refractivity (Wildman–Crippen MR) is 134 cm³/mol. The normalized spacial score (nSPS) is 12.3. The molecule has 2 aromatic heterocycles. The van der Waals surface area contributed by atoms with Gasteiger partial charge in [-0.05, 0) is 44.0 Å². The molecule has 0 fully saturated rings. The number of aromatic amines is 1. The summed E-state index contributed by atoms with van der Waals surface area (Å²) in [5, 5.41) is 6.27. The molecule has 0 spiro atoms. The summed E-state index contributed by atoms with van der Waals surface area (Å²) in [4.78, 5) is 60.9. The number of ketones is 1. The molecule has 1 aromatic carbocycles. The van der Waals surface area contributed by atoms with Gasteiger partial charge < -0.3 is 20.4 Å². The largest absolute Gasteiger partial charge is 0.461 e. The SMILES string of the molecule is CC(C)OC(=O)[C@H](CCC(=O)C=[N+]=N)NC(=O)[C@H](Cc1c[nH]c2ccccc12)NC(=O)c1cccnc1. The first kappa shape index (κ1) is 27.0. The number of nitrogens with zero attached hydrogens (tertiary/aromatic N) is 2. The molecule has 0 unspecified atom stereocenters. The lowest BCUT2D eigenvalue weighted by molar-refractivity contribution is -0.152. The number of hydrogen-bond donors (Lipinski definition) is 4. The maximum absolute atomic E-state index is 13.4. The topological polar surface area (TPSA) is 168 Å². The third-order valence-electron chi connectivity index (χ3n) is 5.49. The van der Waals surface area contributed by atoms with Gasteiger partial charge in [0, 0.05) is 42.3 Å². The number of para-hydroxylation sites is 1. The average molecular weight is 506 g/mol. The minimum Gasteiger partial charge on any atom is -0.461 e. The molecule has 2 atom stereocenters. The highest BCUT2D eigenvalue weighted by Crippen LogP contribution is 2.19. The van der Waals surface area contributed by atoms with Gasteiger partial charge in [0.25, 0.3) is 5.91 Å². The van der Waals surface area contributed by atoms with Gasteiger partial charge in [-0.1, -0.05) is 18.2 Å². The van der Waals surface area contributed by atoms with Crippen LogP contribution in [0.5, 0.6) is 0 Å². The van der Waals surface area contributed by atoms with Crippen LogP contribution in [0.3, 0.4) is 0 Å². The number of H-pyrrole nitrogens is 1. The van der Waals surface area contributed by atoms with Gasteiger partial charge in [0.05, 0.1) is 22.0 Å². The first-order valence-electron chi connectivity index (χ1n) is 11.8. The molecule has 4 N–H and O–H groups in total. The lowest BCUT2D eigenvalue weighted by Crippen LogP contribution is -2.53. The van der Waals surface area contributed by atoms with Gasteiger partial charge in [0.1, 0.15) is 12.1 Å². The number of esters is 1. The van der Waals surface area contributed by atoms with E-state index < -0.39 is 41.8 Å². The van der Waals surface area contributed by atoms with Gasteiger partial charge >= 0.3 is 12.2 Å². The second-order valence-corrected chi connectivity index (χ2v) is 8.64. The molecule has 0 bridgehead atoms. The number of benzene rings is 1. The molecule has 0 aliphatic carbocycles. The molecule has 2 amide bonds.